The summed E-state index contributed by atoms with van der Waals surface area (Å²) >= 11 is 11.5. The third-order valence-electron chi connectivity index (χ3n) is 4.45. The summed E-state index contributed by atoms with van der Waals surface area (Å²) < 4.78 is 0. The van der Waals surface area contributed by atoms with Crippen molar-refractivity contribution in [3.8, 4) is 0 Å². The van der Waals surface area contributed by atoms with Crippen molar-refractivity contribution < 1.29 is 0 Å². The summed E-state index contributed by atoms with van der Waals surface area (Å²) in [6, 6.07) is 8.46. The van der Waals surface area contributed by atoms with Crippen LogP contribution in [0.25, 0.3) is 0 Å². The molecule has 2 N–H and O–H groups in total. The fourth-order valence-corrected chi connectivity index (χ4v) is 3.88. The molecule has 3 atom stereocenters. The highest BCUT2D eigenvalue weighted by molar-refractivity contribution is 7.80. The third kappa shape index (κ3) is 3.03. The highest BCUT2D eigenvalue weighted by Gasteiger charge is 2.39. The molecule has 0 radical (unpaired) electrons. The Balaban J connectivity index is 1.48. The number of thiocarbonyl (C=S) groups is 1. The van der Waals surface area contributed by atoms with E-state index in [0.29, 0.717) is 12.6 Å². The molecule has 3 rings (SSSR count). The first-order valence-electron chi connectivity index (χ1n) is 7.00. The zero-order valence-electron chi connectivity index (χ0n) is 10.9. The molecule has 0 saturated heterocycles. The van der Waals surface area contributed by atoms with Gasteiger partial charge in [0.05, 0.1) is 0 Å². The standard InChI is InChI=1S/C15H19ClN2S/c16-13-4-2-1-3-12(13)9-17-15(19)18-14-8-10-5-6-11(14)7-10/h1-4,10-11,14H,5-9H2,(H2,17,18,19)/t10-,11+,14-/m0/s1. The smallest absolute Gasteiger partial charge is 0.166 e. The number of fused-ring (bicyclic) bond motifs is 2. The van der Waals surface area contributed by atoms with E-state index < -0.39 is 0 Å². The largest absolute Gasteiger partial charge is 0.360 e. The lowest BCUT2D eigenvalue weighted by atomic mass is 9.96. The van der Waals surface area contributed by atoms with E-state index >= 15 is 0 Å². The van der Waals surface area contributed by atoms with Crippen molar-refractivity contribution in [1.29, 1.82) is 0 Å². The van der Waals surface area contributed by atoms with Crippen molar-refractivity contribution in [2.24, 2.45) is 11.8 Å². The molecular weight excluding hydrogens is 276 g/mol. The van der Waals surface area contributed by atoms with Crippen LogP contribution in [0.3, 0.4) is 0 Å². The number of benzene rings is 1. The van der Waals surface area contributed by atoms with E-state index in [9.17, 15) is 0 Å². The average molecular weight is 295 g/mol. The predicted molar refractivity (Wildman–Crippen MR) is 83.3 cm³/mol. The zero-order valence-corrected chi connectivity index (χ0v) is 12.4. The van der Waals surface area contributed by atoms with Crippen LogP contribution in [-0.4, -0.2) is 11.2 Å². The summed E-state index contributed by atoms with van der Waals surface area (Å²) in [5, 5.41) is 8.29. The van der Waals surface area contributed by atoms with E-state index in [4.69, 9.17) is 23.8 Å². The first-order chi connectivity index (χ1) is 9.22. The topological polar surface area (TPSA) is 24.1 Å². The van der Waals surface area contributed by atoms with E-state index in [2.05, 4.69) is 10.6 Å². The molecular formula is C15H19ClN2S. The summed E-state index contributed by atoms with van der Waals surface area (Å²) in [4.78, 5) is 0. The first kappa shape index (κ1) is 13.2. The Hall–Kier alpha value is -0.800. The van der Waals surface area contributed by atoms with Crippen molar-refractivity contribution in [2.45, 2.75) is 38.3 Å². The Morgan fingerprint density at radius 3 is 2.79 bits per heavy atom. The lowest BCUT2D eigenvalue weighted by Gasteiger charge is -2.24. The maximum atomic E-state index is 6.13. The average Bonchev–Trinajstić information content (AvgIpc) is 3.00. The van der Waals surface area contributed by atoms with Gasteiger partial charge >= 0.3 is 0 Å². The monoisotopic (exact) mass is 294 g/mol. The molecule has 0 heterocycles. The van der Waals surface area contributed by atoms with Crippen LogP contribution in [0.15, 0.2) is 24.3 Å². The van der Waals surface area contributed by atoms with Crippen LogP contribution in [-0.2, 0) is 6.54 Å². The highest BCUT2D eigenvalue weighted by Crippen LogP contribution is 2.44. The Morgan fingerprint density at radius 1 is 1.26 bits per heavy atom. The van der Waals surface area contributed by atoms with Crippen molar-refractivity contribution in [2.75, 3.05) is 0 Å². The van der Waals surface area contributed by atoms with E-state index in [0.717, 1.165) is 27.5 Å². The molecule has 1 aromatic rings. The van der Waals surface area contributed by atoms with Crippen LogP contribution < -0.4 is 10.6 Å². The maximum absolute atomic E-state index is 6.13. The number of hydrogen-bond acceptors (Lipinski definition) is 1. The molecule has 2 fully saturated rings. The minimum atomic E-state index is 0.588. The SMILES string of the molecule is S=C(NCc1ccccc1Cl)N[C@H]1C[C@H]2CC[C@@H]1C2. The number of nitrogens with one attached hydrogen (secondary N) is 2. The van der Waals surface area contributed by atoms with Crippen LogP contribution in [0.4, 0.5) is 0 Å². The molecule has 2 bridgehead atoms. The van der Waals surface area contributed by atoms with Gasteiger partial charge in [0.25, 0.3) is 0 Å². The zero-order chi connectivity index (χ0) is 13.2. The summed E-state index contributed by atoms with van der Waals surface area (Å²) in [6.45, 7) is 0.687. The van der Waals surface area contributed by atoms with Gasteiger partial charge in [0, 0.05) is 17.6 Å². The van der Waals surface area contributed by atoms with E-state index in [1.165, 1.54) is 25.7 Å². The lowest BCUT2D eigenvalue weighted by Crippen LogP contribution is -2.43. The summed E-state index contributed by atoms with van der Waals surface area (Å²) in [5.74, 6) is 1.78. The van der Waals surface area contributed by atoms with Crippen LogP contribution in [0.2, 0.25) is 5.02 Å². The van der Waals surface area contributed by atoms with E-state index in [-0.39, 0.29) is 0 Å². The molecule has 0 spiro atoms. The molecule has 2 aliphatic rings. The fraction of sp³-hybridized carbons (Fsp3) is 0.533. The molecule has 0 aliphatic heterocycles. The summed E-state index contributed by atoms with van der Waals surface area (Å²) in [7, 11) is 0. The maximum Gasteiger partial charge on any atom is 0.166 e. The van der Waals surface area contributed by atoms with E-state index in [1.807, 2.05) is 24.3 Å². The van der Waals surface area contributed by atoms with Gasteiger partial charge in [-0.2, -0.15) is 0 Å². The lowest BCUT2D eigenvalue weighted by molar-refractivity contribution is 0.389. The number of rotatable bonds is 3. The second kappa shape index (κ2) is 5.68. The summed E-state index contributed by atoms with van der Waals surface area (Å²) in [5.41, 5.74) is 1.08. The van der Waals surface area contributed by atoms with Gasteiger partial charge in [-0.1, -0.05) is 36.2 Å². The van der Waals surface area contributed by atoms with Crippen molar-refractivity contribution >= 4 is 28.9 Å². The normalized spacial score (nSPS) is 28.4. The number of halogens is 1. The van der Waals surface area contributed by atoms with Gasteiger partial charge in [-0.05, 0) is 54.9 Å². The van der Waals surface area contributed by atoms with Crippen molar-refractivity contribution in [3.63, 3.8) is 0 Å². The van der Waals surface area contributed by atoms with Crippen molar-refractivity contribution in [3.05, 3.63) is 34.9 Å². The van der Waals surface area contributed by atoms with Gasteiger partial charge in [-0.3, -0.25) is 0 Å². The molecule has 0 aromatic heterocycles. The minimum Gasteiger partial charge on any atom is -0.360 e. The van der Waals surface area contributed by atoms with Crippen LogP contribution in [0, 0.1) is 11.8 Å². The number of hydrogen-bond donors (Lipinski definition) is 2. The molecule has 2 aliphatic carbocycles. The molecule has 4 heteroatoms. The van der Waals surface area contributed by atoms with Gasteiger partial charge in [-0.15, -0.1) is 0 Å². The highest BCUT2D eigenvalue weighted by atomic mass is 35.5. The molecule has 1 aromatic carbocycles. The molecule has 0 amide bonds. The molecule has 2 saturated carbocycles. The van der Waals surface area contributed by atoms with Gasteiger partial charge in [-0.25, -0.2) is 0 Å². The molecule has 0 unspecified atom stereocenters. The first-order valence-corrected chi connectivity index (χ1v) is 7.79. The van der Waals surface area contributed by atoms with Gasteiger partial charge in [0.1, 0.15) is 0 Å². The van der Waals surface area contributed by atoms with Crippen LogP contribution >= 0.6 is 23.8 Å². The molecule has 2 nitrogen and oxygen atoms in total. The Kier molecular flexibility index (Phi) is 3.94. The second-order valence-corrected chi connectivity index (χ2v) is 6.52. The van der Waals surface area contributed by atoms with Crippen molar-refractivity contribution in [1.82, 2.24) is 10.6 Å². The summed E-state index contributed by atoms with van der Waals surface area (Å²) in [6.07, 6.45) is 5.47. The van der Waals surface area contributed by atoms with Gasteiger partial charge in [0.2, 0.25) is 0 Å². The molecule has 19 heavy (non-hydrogen) atoms. The van der Waals surface area contributed by atoms with Crippen LogP contribution in [0.5, 0.6) is 0 Å². The quantitative estimate of drug-likeness (QED) is 0.835. The van der Waals surface area contributed by atoms with Gasteiger partial charge < -0.3 is 10.6 Å². The third-order valence-corrected chi connectivity index (χ3v) is 5.08. The van der Waals surface area contributed by atoms with E-state index in [1.54, 1.807) is 0 Å². The fourth-order valence-electron chi connectivity index (χ4n) is 3.46. The second-order valence-electron chi connectivity index (χ2n) is 5.70. The van der Waals surface area contributed by atoms with Gasteiger partial charge in [0.15, 0.2) is 5.11 Å². The Morgan fingerprint density at radius 2 is 2.11 bits per heavy atom. The predicted octanol–water partition coefficient (Wildman–Crippen LogP) is 3.49. The minimum absolute atomic E-state index is 0.588. The molecule has 102 valence electrons. The van der Waals surface area contributed by atoms with Crippen LogP contribution in [0.1, 0.15) is 31.2 Å². The Bertz CT molecular complexity index is 477. The Labute approximate surface area is 124 Å².